The van der Waals surface area contributed by atoms with E-state index in [1.54, 1.807) is 36.4 Å². The summed E-state index contributed by atoms with van der Waals surface area (Å²) in [5.74, 6) is 0.461. The van der Waals surface area contributed by atoms with Gasteiger partial charge in [-0.2, -0.15) is 0 Å². The fraction of sp³-hybridized carbons (Fsp3) is 0. The first-order valence-corrected chi connectivity index (χ1v) is 9.19. The number of rotatable bonds is 2. The van der Waals surface area contributed by atoms with Crippen molar-refractivity contribution in [2.24, 2.45) is 0 Å². The molecule has 0 saturated carbocycles. The predicted molar refractivity (Wildman–Crippen MR) is 109 cm³/mol. The maximum atomic E-state index is 13.2. The minimum Gasteiger partial charge on any atom is -0.456 e. The summed E-state index contributed by atoms with van der Waals surface area (Å²) in [7, 11) is 0. The van der Waals surface area contributed by atoms with Gasteiger partial charge in [0.15, 0.2) is 11.6 Å². The summed E-state index contributed by atoms with van der Waals surface area (Å²) >= 11 is 6.20. The minimum absolute atomic E-state index is 0.254. The van der Waals surface area contributed by atoms with Gasteiger partial charge in [0.25, 0.3) is 0 Å². The molecule has 1 aliphatic rings. The summed E-state index contributed by atoms with van der Waals surface area (Å²) in [4.78, 5) is 26.2. The zero-order chi connectivity index (χ0) is 19.3. The van der Waals surface area contributed by atoms with Crippen LogP contribution in [0.25, 0.3) is 10.8 Å². The monoisotopic (exact) mass is 384 g/mol. The van der Waals surface area contributed by atoms with Gasteiger partial charge in [0.1, 0.15) is 11.5 Å². The molecule has 0 aliphatic heterocycles. The molecule has 0 fully saturated rings. The summed E-state index contributed by atoms with van der Waals surface area (Å²) in [5.41, 5.74) is 1.14. The van der Waals surface area contributed by atoms with Crippen LogP contribution in [0.4, 0.5) is 0 Å². The number of carbonyl (C=O) groups is 2. The minimum atomic E-state index is -0.265. The van der Waals surface area contributed by atoms with Crippen LogP contribution >= 0.6 is 11.6 Å². The highest BCUT2D eigenvalue weighted by atomic mass is 35.5. The van der Waals surface area contributed by atoms with Crippen molar-refractivity contribution in [1.29, 1.82) is 0 Å². The Morgan fingerprint density at radius 2 is 1.21 bits per heavy atom. The number of ketones is 2. The number of ether oxygens (including phenoxy) is 1. The Morgan fingerprint density at radius 3 is 2.07 bits per heavy atom. The molecule has 0 unspecified atom stereocenters. The lowest BCUT2D eigenvalue weighted by Crippen LogP contribution is -2.22. The maximum Gasteiger partial charge on any atom is 0.198 e. The molecule has 0 heterocycles. The zero-order valence-electron chi connectivity index (χ0n) is 14.6. The zero-order valence-corrected chi connectivity index (χ0v) is 15.4. The third-order valence-corrected chi connectivity index (χ3v) is 5.27. The first-order chi connectivity index (χ1) is 13.6. The fourth-order valence-corrected chi connectivity index (χ4v) is 3.92. The van der Waals surface area contributed by atoms with Crippen LogP contribution in [0.5, 0.6) is 11.5 Å². The molecule has 0 N–H and O–H groups in total. The van der Waals surface area contributed by atoms with E-state index < -0.39 is 0 Å². The van der Waals surface area contributed by atoms with Crippen LogP contribution in [0.15, 0.2) is 78.9 Å². The molecule has 1 aliphatic carbocycles. The molecule has 4 aromatic carbocycles. The lowest BCUT2D eigenvalue weighted by molar-refractivity contribution is 0.0977. The van der Waals surface area contributed by atoms with Gasteiger partial charge in [0.05, 0.1) is 16.1 Å². The van der Waals surface area contributed by atoms with Crippen molar-refractivity contribution in [3.8, 4) is 11.5 Å². The molecule has 134 valence electrons. The molecule has 28 heavy (non-hydrogen) atoms. The van der Waals surface area contributed by atoms with Crippen molar-refractivity contribution in [2.75, 3.05) is 0 Å². The molecule has 0 aromatic heterocycles. The maximum absolute atomic E-state index is 13.2. The smallest absolute Gasteiger partial charge is 0.198 e. The van der Waals surface area contributed by atoms with E-state index in [0.29, 0.717) is 22.6 Å². The highest BCUT2D eigenvalue weighted by Gasteiger charge is 2.33. The van der Waals surface area contributed by atoms with Gasteiger partial charge in [-0.15, -0.1) is 0 Å². The molecule has 0 spiro atoms. The Labute approximate surface area is 166 Å². The molecule has 0 amide bonds. The van der Waals surface area contributed by atoms with Crippen LogP contribution in [0, 0.1) is 0 Å². The second-order valence-corrected chi connectivity index (χ2v) is 6.99. The number of halogens is 1. The third kappa shape index (κ3) is 2.44. The van der Waals surface area contributed by atoms with E-state index in [4.69, 9.17) is 16.3 Å². The first-order valence-electron chi connectivity index (χ1n) is 8.81. The van der Waals surface area contributed by atoms with Gasteiger partial charge in [-0.05, 0) is 23.6 Å². The van der Waals surface area contributed by atoms with Crippen molar-refractivity contribution in [3.63, 3.8) is 0 Å². The molecule has 5 rings (SSSR count). The molecule has 0 atom stereocenters. The van der Waals surface area contributed by atoms with E-state index in [-0.39, 0.29) is 27.7 Å². The number of benzene rings is 4. The van der Waals surface area contributed by atoms with Crippen LogP contribution in [-0.4, -0.2) is 11.6 Å². The van der Waals surface area contributed by atoms with Crippen LogP contribution in [0.3, 0.4) is 0 Å². The second-order valence-electron chi connectivity index (χ2n) is 6.58. The standard InChI is InChI=1S/C24H13ClO3/c25-18-11-4-9-16-21(18)23(26)17-10-5-13-20(22(17)24(16)27)28-19-12-3-7-14-6-1-2-8-15(14)19/h1-13H. The van der Waals surface area contributed by atoms with Crippen LogP contribution in [-0.2, 0) is 0 Å². The number of hydrogen-bond donors (Lipinski definition) is 0. The van der Waals surface area contributed by atoms with Gasteiger partial charge in [-0.3, -0.25) is 9.59 Å². The Morgan fingerprint density at radius 1 is 0.607 bits per heavy atom. The van der Waals surface area contributed by atoms with Crippen molar-refractivity contribution < 1.29 is 14.3 Å². The normalized spacial score (nSPS) is 12.6. The summed E-state index contributed by atoms with van der Waals surface area (Å²) in [6.45, 7) is 0. The van der Waals surface area contributed by atoms with Gasteiger partial charge in [0.2, 0.25) is 0 Å². The molecule has 4 heteroatoms. The van der Waals surface area contributed by atoms with E-state index in [0.717, 1.165) is 10.8 Å². The highest BCUT2D eigenvalue weighted by Crippen LogP contribution is 2.38. The van der Waals surface area contributed by atoms with E-state index >= 15 is 0 Å². The number of carbonyl (C=O) groups excluding carboxylic acids is 2. The average Bonchev–Trinajstić information content (AvgIpc) is 2.72. The van der Waals surface area contributed by atoms with Crippen LogP contribution in [0.1, 0.15) is 31.8 Å². The average molecular weight is 385 g/mol. The number of hydrogen-bond acceptors (Lipinski definition) is 3. The summed E-state index contributed by atoms with van der Waals surface area (Å²) in [5, 5.41) is 2.24. The van der Waals surface area contributed by atoms with Crippen molar-refractivity contribution in [1.82, 2.24) is 0 Å². The van der Waals surface area contributed by atoms with E-state index in [1.807, 2.05) is 42.5 Å². The Kier molecular flexibility index (Phi) is 3.78. The van der Waals surface area contributed by atoms with Crippen molar-refractivity contribution in [2.45, 2.75) is 0 Å². The first kappa shape index (κ1) is 16.7. The molecular formula is C24H13ClO3. The van der Waals surface area contributed by atoms with Crippen molar-refractivity contribution >= 4 is 33.9 Å². The van der Waals surface area contributed by atoms with Crippen LogP contribution in [0.2, 0.25) is 5.02 Å². The molecular weight excluding hydrogens is 372 g/mol. The molecule has 0 radical (unpaired) electrons. The molecule has 3 nitrogen and oxygen atoms in total. The van der Waals surface area contributed by atoms with E-state index in [1.165, 1.54) is 0 Å². The van der Waals surface area contributed by atoms with Gasteiger partial charge in [-0.1, -0.05) is 72.3 Å². The summed E-state index contributed by atoms with van der Waals surface area (Å²) in [6, 6.07) is 23.6. The van der Waals surface area contributed by atoms with Gasteiger partial charge < -0.3 is 4.74 Å². The molecule has 0 bridgehead atoms. The number of fused-ring (bicyclic) bond motifs is 3. The fourth-order valence-electron chi connectivity index (χ4n) is 3.66. The Balaban J connectivity index is 1.68. The lowest BCUT2D eigenvalue weighted by Gasteiger charge is -2.21. The van der Waals surface area contributed by atoms with Gasteiger partial charge in [-0.25, -0.2) is 0 Å². The lowest BCUT2D eigenvalue weighted by atomic mass is 9.83. The third-order valence-electron chi connectivity index (χ3n) is 4.95. The largest absolute Gasteiger partial charge is 0.456 e. The Bertz CT molecular complexity index is 1290. The SMILES string of the molecule is O=C1c2cccc(Oc3cccc4ccccc34)c2C(=O)c2cccc(Cl)c21. The van der Waals surface area contributed by atoms with E-state index in [2.05, 4.69) is 0 Å². The van der Waals surface area contributed by atoms with Gasteiger partial charge in [0, 0.05) is 16.5 Å². The van der Waals surface area contributed by atoms with Crippen molar-refractivity contribution in [3.05, 3.63) is 106 Å². The molecule has 4 aromatic rings. The molecule has 0 saturated heterocycles. The van der Waals surface area contributed by atoms with Crippen LogP contribution < -0.4 is 4.74 Å². The summed E-state index contributed by atoms with van der Waals surface area (Å²) < 4.78 is 6.15. The second kappa shape index (κ2) is 6.32. The predicted octanol–water partition coefficient (Wildman–Crippen LogP) is 6.06. The van der Waals surface area contributed by atoms with E-state index in [9.17, 15) is 9.59 Å². The Hall–Kier alpha value is -3.43. The van der Waals surface area contributed by atoms with Gasteiger partial charge >= 0.3 is 0 Å². The quantitative estimate of drug-likeness (QED) is 0.371. The topological polar surface area (TPSA) is 43.4 Å². The summed E-state index contributed by atoms with van der Waals surface area (Å²) in [6.07, 6.45) is 0. The highest BCUT2D eigenvalue weighted by molar-refractivity contribution is 6.39.